The average molecular weight is 178 g/mol. The van der Waals surface area contributed by atoms with Crippen molar-refractivity contribution in [3.05, 3.63) is 0 Å². The van der Waals surface area contributed by atoms with Gasteiger partial charge in [-0.25, -0.2) is 8.78 Å². The quantitative estimate of drug-likeness (QED) is 0.647. The van der Waals surface area contributed by atoms with Crippen molar-refractivity contribution in [3.8, 4) is 0 Å². The largest absolute Gasteiger partial charge is 0.330 e. The summed E-state index contributed by atoms with van der Waals surface area (Å²) in [6, 6.07) is 0. The highest BCUT2D eigenvalue weighted by molar-refractivity contribution is 4.82. The molecule has 1 saturated heterocycles. The predicted molar refractivity (Wildman–Crippen MR) is 44.2 cm³/mol. The number of rotatable bonds is 1. The number of likely N-dealkylation sites (tertiary alicyclic amines) is 1. The first-order chi connectivity index (χ1) is 5.56. The molecule has 12 heavy (non-hydrogen) atoms. The van der Waals surface area contributed by atoms with Crippen LogP contribution in [0.1, 0.15) is 12.8 Å². The van der Waals surface area contributed by atoms with Gasteiger partial charge in [-0.1, -0.05) is 0 Å². The standard InChI is InChI=1S/C8H16F2N2/c1-12-4-2-7(6-11)8(9,10)3-5-12/h7H,2-6,11H2,1H3. The molecule has 0 aromatic heterocycles. The summed E-state index contributed by atoms with van der Waals surface area (Å²) in [5, 5.41) is 0. The lowest BCUT2D eigenvalue weighted by atomic mass is 9.97. The molecule has 1 aliphatic heterocycles. The Morgan fingerprint density at radius 2 is 2.17 bits per heavy atom. The summed E-state index contributed by atoms with van der Waals surface area (Å²) in [5.41, 5.74) is 5.30. The third kappa shape index (κ3) is 2.14. The molecule has 0 aromatic rings. The maximum atomic E-state index is 13.2. The minimum atomic E-state index is -2.56. The van der Waals surface area contributed by atoms with E-state index in [2.05, 4.69) is 0 Å². The summed E-state index contributed by atoms with van der Waals surface area (Å²) in [5.74, 6) is -3.18. The van der Waals surface area contributed by atoms with E-state index in [4.69, 9.17) is 5.73 Å². The average Bonchev–Trinajstić information content (AvgIpc) is 2.12. The second-order valence-corrected chi connectivity index (χ2v) is 3.54. The maximum Gasteiger partial charge on any atom is 0.253 e. The second kappa shape index (κ2) is 3.66. The summed E-state index contributed by atoms with van der Waals surface area (Å²) >= 11 is 0. The van der Waals surface area contributed by atoms with E-state index in [0.717, 1.165) is 6.54 Å². The zero-order valence-electron chi connectivity index (χ0n) is 7.39. The first kappa shape index (κ1) is 9.86. The molecular formula is C8H16F2N2. The number of hydrogen-bond acceptors (Lipinski definition) is 2. The minimum absolute atomic E-state index is 0.0502. The first-order valence-corrected chi connectivity index (χ1v) is 4.32. The Bertz CT molecular complexity index is 150. The van der Waals surface area contributed by atoms with Gasteiger partial charge >= 0.3 is 0 Å². The number of nitrogens with zero attached hydrogens (tertiary/aromatic N) is 1. The molecule has 0 radical (unpaired) electrons. The number of halogens is 2. The van der Waals surface area contributed by atoms with Crippen LogP contribution in [0.15, 0.2) is 0 Å². The van der Waals surface area contributed by atoms with Crippen LogP contribution in [0, 0.1) is 5.92 Å². The Morgan fingerprint density at radius 3 is 2.75 bits per heavy atom. The van der Waals surface area contributed by atoms with Crippen molar-refractivity contribution < 1.29 is 8.78 Å². The lowest BCUT2D eigenvalue weighted by molar-refractivity contribution is -0.0575. The molecule has 2 N–H and O–H groups in total. The van der Waals surface area contributed by atoms with Crippen LogP contribution in [0.3, 0.4) is 0 Å². The molecule has 0 bridgehead atoms. The van der Waals surface area contributed by atoms with E-state index in [1.54, 1.807) is 0 Å². The Balaban J connectivity index is 2.60. The topological polar surface area (TPSA) is 29.3 Å². The maximum absolute atomic E-state index is 13.2. The molecule has 0 aliphatic carbocycles. The fourth-order valence-electron chi connectivity index (χ4n) is 1.53. The Morgan fingerprint density at radius 1 is 1.50 bits per heavy atom. The third-order valence-electron chi connectivity index (χ3n) is 2.57. The van der Waals surface area contributed by atoms with E-state index in [1.807, 2.05) is 11.9 Å². The van der Waals surface area contributed by atoms with Crippen molar-refractivity contribution in [2.24, 2.45) is 11.7 Å². The van der Waals surface area contributed by atoms with E-state index in [-0.39, 0.29) is 13.0 Å². The summed E-state index contributed by atoms with van der Waals surface area (Å²) < 4.78 is 26.4. The van der Waals surface area contributed by atoms with Gasteiger partial charge in [-0.2, -0.15) is 0 Å². The van der Waals surface area contributed by atoms with Gasteiger partial charge in [0.1, 0.15) is 0 Å². The smallest absolute Gasteiger partial charge is 0.253 e. The molecule has 1 rings (SSSR count). The van der Waals surface area contributed by atoms with Gasteiger partial charge in [0.05, 0.1) is 0 Å². The van der Waals surface area contributed by atoms with Crippen LogP contribution in [-0.4, -0.2) is 37.5 Å². The molecule has 4 heteroatoms. The third-order valence-corrected chi connectivity index (χ3v) is 2.57. The van der Waals surface area contributed by atoms with Crippen LogP contribution in [0.2, 0.25) is 0 Å². The van der Waals surface area contributed by atoms with Crippen molar-refractivity contribution in [1.82, 2.24) is 4.90 Å². The highest BCUT2D eigenvalue weighted by Crippen LogP contribution is 2.32. The van der Waals surface area contributed by atoms with Gasteiger partial charge in [-0.3, -0.25) is 0 Å². The fourth-order valence-corrected chi connectivity index (χ4v) is 1.53. The van der Waals surface area contributed by atoms with Crippen molar-refractivity contribution in [2.75, 3.05) is 26.7 Å². The van der Waals surface area contributed by atoms with Gasteiger partial charge in [0.2, 0.25) is 0 Å². The SMILES string of the molecule is CN1CCC(CN)C(F)(F)CC1. The predicted octanol–water partition coefficient (Wildman–Crippen LogP) is 0.922. The molecule has 1 heterocycles. The molecular weight excluding hydrogens is 162 g/mol. The van der Waals surface area contributed by atoms with Crippen molar-refractivity contribution in [2.45, 2.75) is 18.8 Å². The molecule has 1 fully saturated rings. The normalized spacial score (nSPS) is 31.5. The zero-order chi connectivity index (χ0) is 9.19. The molecule has 1 unspecified atom stereocenters. The fraction of sp³-hybridized carbons (Fsp3) is 1.00. The second-order valence-electron chi connectivity index (χ2n) is 3.54. The van der Waals surface area contributed by atoms with Gasteiger partial charge in [-0.05, 0) is 20.0 Å². The lowest BCUT2D eigenvalue weighted by Gasteiger charge is -2.22. The van der Waals surface area contributed by atoms with Gasteiger partial charge in [0.15, 0.2) is 0 Å². The lowest BCUT2D eigenvalue weighted by Crippen LogP contribution is -2.33. The molecule has 1 aliphatic rings. The minimum Gasteiger partial charge on any atom is -0.330 e. The van der Waals surface area contributed by atoms with E-state index in [9.17, 15) is 8.78 Å². The molecule has 2 nitrogen and oxygen atoms in total. The van der Waals surface area contributed by atoms with Crippen molar-refractivity contribution in [1.29, 1.82) is 0 Å². The monoisotopic (exact) mass is 178 g/mol. The number of nitrogens with two attached hydrogens (primary N) is 1. The van der Waals surface area contributed by atoms with Gasteiger partial charge in [0, 0.05) is 25.4 Å². The van der Waals surface area contributed by atoms with Gasteiger partial charge in [-0.15, -0.1) is 0 Å². The summed E-state index contributed by atoms with van der Waals surface area (Å²) in [6.45, 7) is 1.31. The van der Waals surface area contributed by atoms with Crippen LogP contribution in [0.4, 0.5) is 8.78 Å². The van der Waals surface area contributed by atoms with Crippen molar-refractivity contribution in [3.63, 3.8) is 0 Å². The molecule has 0 amide bonds. The van der Waals surface area contributed by atoms with E-state index >= 15 is 0 Å². The number of alkyl halides is 2. The molecule has 0 spiro atoms. The highest BCUT2D eigenvalue weighted by Gasteiger charge is 2.39. The van der Waals surface area contributed by atoms with Crippen LogP contribution >= 0.6 is 0 Å². The summed E-state index contributed by atoms with van der Waals surface area (Å²) in [7, 11) is 1.87. The molecule has 0 aromatic carbocycles. The highest BCUT2D eigenvalue weighted by atomic mass is 19.3. The Kier molecular flexibility index (Phi) is 3.01. The van der Waals surface area contributed by atoms with E-state index in [1.165, 1.54) is 0 Å². The van der Waals surface area contributed by atoms with E-state index < -0.39 is 11.8 Å². The van der Waals surface area contributed by atoms with Crippen LogP contribution in [-0.2, 0) is 0 Å². The zero-order valence-corrected chi connectivity index (χ0v) is 7.39. The Hall–Kier alpha value is -0.220. The number of hydrogen-bond donors (Lipinski definition) is 1. The molecule has 1 atom stereocenters. The first-order valence-electron chi connectivity index (χ1n) is 4.32. The van der Waals surface area contributed by atoms with Crippen molar-refractivity contribution >= 4 is 0 Å². The van der Waals surface area contributed by atoms with Crippen LogP contribution < -0.4 is 5.73 Å². The van der Waals surface area contributed by atoms with Gasteiger partial charge in [0.25, 0.3) is 5.92 Å². The van der Waals surface area contributed by atoms with E-state index in [0.29, 0.717) is 13.0 Å². The molecule has 0 saturated carbocycles. The summed E-state index contributed by atoms with van der Waals surface area (Å²) in [6.07, 6.45) is 0.464. The Labute approximate surface area is 71.7 Å². The van der Waals surface area contributed by atoms with Crippen LogP contribution in [0.5, 0.6) is 0 Å². The molecule has 72 valence electrons. The van der Waals surface area contributed by atoms with Crippen LogP contribution in [0.25, 0.3) is 0 Å². The van der Waals surface area contributed by atoms with Gasteiger partial charge < -0.3 is 10.6 Å². The summed E-state index contributed by atoms with van der Waals surface area (Å²) in [4.78, 5) is 1.93.